The van der Waals surface area contributed by atoms with Crippen LogP contribution in [0, 0.1) is 5.41 Å². The Balaban J connectivity index is 2.06. The van der Waals surface area contributed by atoms with E-state index in [4.69, 9.17) is 10.8 Å². The molecule has 3 N–H and O–H groups in total. The number of carbonyl (C=O) groups excluding carboxylic acids is 1. The molecule has 18 heavy (non-hydrogen) atoms. The second kappa shape index (κ2) is 5.57. The van der Waals surface area contributed by atoms with E-state index in [-0.39, 0.29) is 24.0 Å². The zero-order chi connectivity index (χ0) is 13.2. The maximum Gasteiger partial charge on any atom is 0.230 e. The molecule has 104 valence electrons. The number of rotatable bonds is 5. The number of hydrogen-bond donors (Lipinski definition) is 2. The lowest BCUT2D eigenvalue weighted by atomic mass is 9.81. The number of aliphatic hydroxyl groups is 1. The molecule has 0 aromatic carbocycles. The molecule has 0 saturated heterocycles. The van der Waals surface area contributed by atoms with Crippen LogP contribution in [0.5, 0.6) is 0 Å². The number of hydrogen-bond acceptors (Lipinski definition) is 3. The van der Waals surface area contributed by atoms with Gasteiger partial charge in [-0.2, -0.15) is 0 Å². The Morgan fingerprint density at radius 3 is 2.56 bits per heavy atom. The highest BCUT2D eigenvalue weighted by atomic mass is 16.3. The van der Waals surface area contributed by atoms with Gasteiger partial charge >= 0.3 is 0 Å². The molecule has 2 atom stereocenters. The van der Waals surface area contributed by atoms with Crippen molar-refractivity contribution in [1.82, 2.24) is 4.90 Å². The first-order valence-electron chi connectivity index (χ1n) is 7.27. The van der Waals surface area contributed by atoms with E-state index in [9.17, 15) is 4.79 Å². The molecule has 0 spiro atoms. The van der Waals surface area contributed by atoms with Gasteiger partial charge in [-0.15, -0.1) is 0 Å². The van der Waals surface area contributed by atoms with Gasteiger partial charge in [-0.1, -0.05) is 6.42 Å². The van der Waals surface area contributed by atoms with E-state index in [1.54, 1.807) is 0 Å². The molecule has 0 heterocycles. The highest BCUT2D eigenvalue weighted by Gasteiger charge is 2.46. The monoisotopic (exact) mass is 254 g/mol. The maximum atomic E-state index is 12.8. The molecule has 2 fully saturated rings. The Kier molecular flexibility index (Phi) is 4.28. The fourth-order valence-electron chi connectivity index (χ4n) is 3.18. The third kappa shape index (κ3) is 2.41. The van der Waals surface area contributed by atoms with Gasteiger partial charge in [0, 0.05) is 25.2 Å². The van der Waals surface area contributed by atoms with Gasteiger partial charge in [0.25, 0.3) is 0 Å². The molecular weight excluding hydrogens is 228 g/mol. The normalized spacial score (nSPS) is 32.3. The van der Waals surface area contributed by atoms with E-state index in [1.807, 2.05) is 11.8 Å². The van der Waals surface area contributed by atoms with Crippen molar-refractivity contribution >= 4 is 5.91 Å². The summed E-state index contributed by atoms with van der Waals surface area (Å²) >= 11 is 0. The summed E-state index contributed by atoms with van der Waals surface area (Å²) in [5, 5.41) is 8.99. The van der Waals surface area contributed by atoms with Crippen LogP contribution in [-0.2, 0) is 4.79 Å². The summed E-state index contributed by atoms with van der Waals surface area (Å²) in [6.45, 7) is 2.86. The molecule has 0 aliphatic heterocycles. The van der Waals surface area contributed by atoms with Crippen LogP contribution in [0.1, 0.15) is 51.9 Å². The van der Waals surface area contributed by atoms with E-state index in [0.29, 0.717) is 19.0 Å². The van der Waals surface area contributed by atoms with Crippen LogP contribution in [0.2, 0.25) is 0 Å². The summed E-state index contributed by atoms with van der Waals surface area (Å²) in [4.78, 5) is 14.8. The first kappa shape index (κ1) is 13.8. The molecule has 0 radical (unpaired) electrons. The molecule has 1 amide bonds. The van der Waals surface area contributed by atoms with Gasteiger partial charge in [-0.05, 0) is 45.4 Å². The van der Waals surface area contributed by atoms with Crippen LogP contribution >= 0.6 is 0 Å². The van der Waals surface area contributed by atoms with Gasteiger partial charge in [-0.3, -0.25) is 4.79 Å². The number of aliphatic hydroxyl groups excluding tert-OH is 1. The molecule has 4 heteroatoms. The van der Waals surface area contributed by atoms with Gasteiger partial charge in [0.05, 0.1) is 5.41 Å². The Labute approximate surface area is 110 Å². The van der Waals surface area contributed by atoms with Crippen molar-refractivity contribution in [2.75, 3.05) is 13.2 Å². The quantitative estimate of drug-likeness (QED) is 0.776. The molecule has 2 rings (SSSR count). The number of amides is 1. The molecule has 0 aromatic rings. The predicted octanol–water partition coefficient (Wildman–Crippen LogP) is 1.27. The second-order valence-electron chi connectivity index (χ2n) is 6.08. The summed E-state index contributed by atoms with van der Waals surface area (Å²) in [5.41, 5.74) is 5.77. The Hall–Kier alpha value is -0.610. The van der Waals surface area contributed by atoms with Crippen molar-refractivity contribution in [2.24, 2.45) is 11.1 Å². The summed E-state index contributed by atoms with van der Waals surface area (Å²) < 4.78 is 0. The van der Waals surface area contributed by atoms with Crippen molar-refractivity contribution < 1.29 is 9.90 Å². The SMILES string of the molecule is CC1(C(=O)N(CCCO)C2CCC2)CCCC1N. The standard InChI is InChI=1S/C14H26N2O2/c1-14(8-3-7-12(14)15)13(18)16(9-4-10-17)11-5-2-6-11/h11-12,17H,2-10,15H2,1H3. The molecule has 2 unspecified atom stereocenters. The lowest BCUT2D eigenvalue weighted by Crippen LogP contribution is -2.54. The molecular formula is C14H26N2O2. The molecule has 2 aliphatic rings. The van der Waals surface area contributed by atoms with Crippen molar-refractivity contribution in [2.45, 2.75) is 64.0 Å². The fraction of sp³-hybridized carbons (Fsp3) is 0.929. The average Bonchev–Trinajstić information content (AvgIpc) is 2.63. The van der Waals surface area contributed by atoms with Crippen LogP contribution in [0.3, 0.4) is 0 Å². The number of nitrogens with zero attached hydrogens (tertiary/aromatic N) is 1. The zero-order valence-corrected chi connectivity index (χ0v) is 11.4. The summed E-state index contributed by atoms with van der Waals surface area (Å²) in [6, 6.07) is 0.398. The highest BCUT2D eigenvalue weighted by molar-refractivity contribution is 5.84. The summed E-state index contributed by atoms with van der Waals surface area (Å²) in [6.07, 6.45) is 7.05. The number of nitrogens with two attached hydrogens (primary N) is 1. The predicted molar refractivity (Wildman–Crippen MR) is 71.0 cm³/mol. The largest absolute Gasteiger partial charge is 0.396 e. The van der Waals surface area contributed by atoms with E-state index in [1.165, 1.54) is 6.42 Å². The van der Waals surface area contributed by atoms with Gasteiger partial charge in [-0.25, -0.2) is 0 Å². The summed E-state index contributed by atoms with van der Waals surface area (Å²) in [5.74, 6) is 0.227. The van der Waals surface area contributed by atoms with Gasteiger partial charge in [0.2, 0.25) is 5.91 Å². The van der Waals surface area contributed by atoms with Gasteiger partial charge in [0.15, 0.2) is 0 Å². The topological polar surface area (TPSA) is 66.6 Å². The molecule has 2 aliphatic carbocycles. The maximum absolute atomic E-state index is 12.8. The van der Waals surface area contributed by atoms with Crippen molar-refractivity contribution in [1.29, 1.82) is 0 Å². The molecule has 2 saturated carbocycles. The van der Waals surface area contributed by atoms with E-state index in [0.717, 1.165) is 32.1 Å². The van der Waals surface area contributed by atoms with Crippen LogP contribution in [0.25, 0.3) is 0 Å². The zero-order valence-electron chi connectivity index (χ0n) is 11.4. The Morgan fingerprint density at radius 2 is 2.11 bits per heavy atom. The van der Waals surface area contributed by atoms with E-state index in [2.05, 4.69) is 0 Å². The molecule has 0 bridgehead atoms. The first-order chi connectivity index (χ1) is 8.59. The number of carbonyl (C=O) groups is 1. The smallest absolute Gasteiger partial charge is 0.230 e. The molecule has 0 aromatic heterocycles. The minimum absolute atomic E-state index is 0.00158. The fourth-order valence-corrected chi connectivity index (χ4v) is 3.18. The molecule has 4 nitrogen and oxygen atoms in total. The lowest BCUT2D eigenvalue weighted by molar-refractivity contribution is -0.146. The van der Waals surface area contributed by atoms with Crippen LogP contribution in [0.4, 0.5) is 0 Å². The lowest BCUT2D eigenvalue weighted by Gasteiger charge is -2.42. The highest BCUT2D eigenvalue weighted by Crippen LogP contribution is 2.40. The van der Waals surface area contributed by atoms with Crippen LogP contribution < -0.4 is 5.73 Å². The Bertz CT molecular complexity index is 304. The minimum atomic E-state index is -0.370. The summed E-state index contributed by atoms with van der Waals surface area (Å²) in [7, 11) is 0. The van der Waals surface area contributed by atoms with Gasteiger partial charge in [0.1, 0.15) is 0 Å². The van der Waals surface area contributed by atoms with E-state index >= 15 is 0 Å². The van der Waals surface area contributed by atoms with Gasteiger partial charge < -0.3 is 15.7 Å². The first-order valence-corrected chi connectivity index (χ1v) is 7.27. The third-order valence-electron chi connectivity index (χ3n) is 4.85. The van der Waals surface area contributed by atoms with Crippen LogP contribution in [0.15, 0.2) is 0 Å². The van der Waals surface area contributed by atoms with Crippen molar-refractivity contribution in [3.8, 4) is 0 Å². The minimum Gasteiger partial charge on any atom is -0.396 e. The van der Waals surface area contributed by atoms with Crippen molar-refractivity contribution in [3.05, 3.63) is 0 Å². The van der Waals surface area contributed by atoms with Crippen molar-refractivity contribution in [3.63, 3.8) is 0 Å². The second-order valence-corrected chi connectivity index (χ2v) is 6.08. The van der Waals surface area contributed by atoms with Crippen LogP contribution in [-0.4, -0.2) is 41.1 Å². The average molecular weight is 254 g/mol. The van der Waals surface area contributed by atoms with E-state index < -0.39 is 0 Å². The Morgan fingerprint density at radius 1 is 1.39 bits per heavy atom. The third-order valence-corrected chi connectivity index (χ3v) is 4.85.